The molecule has 17 heteroatoms. The van der Waals surface area contributed by atoms with Crippen LogP contribution >= 0.6 is 0 Å². The van der Waals surface area contributed by atoms with Crippen molar-refractivity contribution < 1.29 is 41.6 Å². The fourth-order valence-electron chi connectivity index (χ4n) is 8.48. The minimum absolute atomic E-state index is 0.0296. The molecule has 0 radical (unpaired) electrons. The number of pyridine rings is 1. The van der Waals surface area contributed by atoms with E-state index in [1.807, 2.05) is 12.1 Å². The maximum absolute atomic E-state index is 15.6. The van der Waals surface area contributed by atoms with Gasteiger partial charge < -0.3 is 21.3 Å². The van der Waals surface area contributed by atoms with Crippen molar-refractivity contribution in [1.29, 1.82) is 0 Å². The van der Waals surface area contributed by atoms with Crippen molar-refractivity contribution in [3.05, 3.63) is 125 Å². The van der Waals surface area contributed by atoms with Crippen LogP contribution in [0.3, 0.4) is 0 Å². The number of nitrogens with one attached hydrogen (secondary N) is 4. The lowest BCUT2D eigenvalue weighted by Gasteiger charge is -2.29. The number of nitrogens with two attached hydrogens (primary N) is 1. The van der Waals surface area contributed by atoms with Gasteiger partial charge >= 0.3 is 0 Å². The zero-order valence-corrected chi connectivity index (χ0v) is 36.1. The summed E-state index contributed by atoms with van der Waals surface area (Å²) >= 11 is 0. The monoisotopic (exact) mass is 899 g/mol. The van der Waals surface area contributed by atoms with Crippen LogP contribution in [-0.2, 0) is 48.6 Å². The maximum Gasteiger partial charge on any atom is 0.261 e. The number of ketones is 1. The zero-order chi connectivity index (χ0) is 45.8. The van der Waals surface area contributed by atoms with Crippen molar-refractivity contribution in [1.82, 2.24) is 20.5 Å². The molecule has 6 N–H and O–H groups in total. The Hall–Kier alpha value is -7.27. The molecule has 4 aromatic carbocycles. The number of carbonyl (C=O) groups is 6. The Morgan fingerprint density at radius 3 is 2.34 bits per heavy atom. The largest absolute Gasteiger partial charge is 0.383 e. The summed E-state index contributed by atoms with van der Waals surface area (Å²) in [4.78, 5) is 80.3. The first-order valence-corrected chi connectivity index (χ1v) is 22.9. The lowest BCUT2D eigenvalue weighted by Crippen LogP contribution is -2.52. The molecule has 0 aliphatic carbocycles. The average molecular weight is 900 g/mol. The first kappa shape index (κ1) is 44.3. The van der Waals surface area contributed by atoms with Gasteiger partial charge in [-0.2, -0.15) is 0 Å². The number of imide groups is 1. The third-order valence-corrected chi connectivity index (χ3v) is 13.3. The van der Waals surface area contributed by atoms with E-state index in [1.54, 1.807) is 42.5 Å². The highest BCUT2D eigenvalue weighted by Crippen LogP contribution is 2.34. The van der Waals surface area contributed by atoms with Crippen molar-refractivity contribution in [2.45, 2.75) is 81.7 Å². The first-order valence-electron chi connectivity index (χ1n) is 21.4. The molecular weight excluding hydrogens is 854 g/mol. The number of Topliss-reactive ketones (excluding diaryl/α,β-unsaturated/α-hetero) is 1. The summed E-state index contributed by atoms with van der Waals surface area (Å²) in [6, 6.07) is 21.2. The Morgan fingerprint density at radius 2 is 1.57 bits per heavy atom. The highest BCUT2D eigenvalue weighted by molar-refractivity contribution is 7.92. The first-order chi connectivity index (χ1) is 31.2. The summed E-state index contributed by atoms with van der Waals surface area (Å²) in [5, 5.41) is 7.91. The maximum atomic E-state index is 15.6. The molecule has 0 bridgehead atoms. The Balaban J connectivity index is 0.773. The van der Waals surface area contributed by atoms with Crippen molar-refractivity contribution in [3.8, 4) is 22.3 Å². The zero-order valence-electron chi connectivity index (χ0n) is 35.2. The van der Waals surface area contributed by atoms with E-state index in [9.17, 15) is 37.2 Å². The molecule has 1 fully saturated rings. The molecule has 1 aromatic heterocycles. The molecule has 3 aliphatic rings. The molecule has 0 spiro atoms. The van der Waals surface area contributed by atoms with E-state index in [1.165, 1.54) is 35.4 Å². The normalized spacial score (nSPS) is 15.8. The Bertz CT molecular complexity index is 2870. The minimum atomic E-state index is -4.20. The number of amides is 5. The molecule has 1 saturated heterocycles. The number of aromatic nitrogens is 1. The molecule has 4 heterocycles. The lowest BCUT2D eigenvalue weighted by molar-refractivity contribution is -0.137. The Kier molecular flexibility index (Phi) is 12.8. The van der Waals surface area contributed by atoms with Crippen LogP contribution in [0.15, 0.2) is 96.0 Å². The number of fused-ring (bicyclic) bond motifs is 2. The fourth-order valence-corrected chi connectivity index (χ4v) is 9.55. The quantitative estimate of drug-likeness (QED) is 0.0567. The topological polar surface area (TPSA) is 227 Å². The summed E-state index contributed by atoms with van der Waals surface area (Å²) in [7, 11) is -4.20. The van der Waals surface area contributed by atoms with Crippen LogP contribution in [0.5, 0.6) is 0 Å². The van der Waals surface area contributed by atoms with Gasteiger partial charge in [0.25, 0.3) is 21.8 Å². The predicted octanol–water partition coefficient (Wildman–Crippen LogP) is 6.08. The van der Waals surface area contributed by atoms with Crippen LogP contribution < -0.4 is 26.4 Å². The van der Waals surface area contributed by atoms with Gasteiger partial charge in [-0.25, -0.2) is 17.8 Å². The number of unbranched alkanes of at least 4 members (excludes halogenated alkanes) is 3. The molecular formula is C48H46FN7O8S. The fraction of sp³-hybridized carbons (Fsp3) is 0.271. The number of piperidine rings is 1. The van der Waals surface area contributed by atoms with Gasteiger partial charge in [0.15, 0.2) is 0 Å². The van der Waals surface area contributed by atoms with Crippen LogP contribution in [0.1, 0.15) is 88.8 Å². The van der Waals surface area contributed by atoms with Crippen molar-refractivity contribution in [2.24, 2.45) is 0 Å². The number of anilines is 3. The van der Waals surface area contributed by atoms with Gasteiger partial charge in [-0.05, 0) is 103 Å². The SMILES string of the molecule is Nc1ncc(-c2ccc(S(=O)(=O)Nc3ccc(NC(=O)CCCCCCC(=O)Cc4cccc5c4CN(C4CCC(=O)NC4=O)C5=O)cc3)cc2F)cc1-c1ccc2c(c1)CCNC2=O. The minimum Gasteiger partial charge on any atom is -0.383 e. The number of halogens is 1. The highest BCUT2D eigenvalue weighted by Gasteiger charge is 2.40. The third kappa shape index (κ3) is 9.94. The standard InChI is InChI=1S/C48H46FN7O8S/c49-41-25-35(15-17-36(41)31-24-39(45(50)52-26-31)29-10-16-37-30(22-29)20-21-51-46(37)60)65(63,64)55-33-13-11-32(12-14-33)53-43(58)9-4-2-1-3-7-34(57)23-28-6-5-8-38-40(28)27-56(48(38)62)42-18-19-44(59)54-47(42)61/h5-6,8,10-17,22,24-26,42,55H,1-4,7,9,18-21,23,27H2,(H2,50,52)(H,51,60)(H,53,58)(H,54,59,61). The number of nitrogens with zero attached hydrogens (tertiary/aromatic N) is 2. The number of rotatable bonds is 16. The van der Waals surface area contributed by atoms with E-state index in [4.69, 9.17) is 5.73 Å². The van der Waals surface area contributed by atoms with Gasteiger partial charge in [0.05, 0.1) is 4.90 Å². The van der Waals surface area contributed by atoms with Crippen LogP contribution in [-0.4, -0.2) is 66.2 Å². The van der Waals surface area contributed by atoms with E-state index in [-0.39, 0.29) is 83.6 Å². The Morgan fingerprint density at radius 1 is 0.815 bits per heavy atom. The molecule has 0 saturated carbocycles. The van der Waals surface area contributed by atoms with E-state index >= 15 is 4.39 Å². The van der Waals surface area contributed by atoms with Crippen molar-refractivity contribution >= 4 is 62.5 Å². The van der Waals surface area contributed by atoms with E-state index in [0.717, 1.165) is 35.6 Å². The van der Waals surface area contributed by atoms with Gasteiger partial charge in [0, 0.05) is 84.2 Å². The highest BCUT2D eigenvalue weighted by atomic mass is 32.2. The number of benzene rings is 4. The van der Waals surface area contributed by atoms with Gasteiger partial charge in [-0.3, -0.25) is 38.8 Å². The molecule has 334 valence electrons. The number of carbonyl (C=O) groups excluding carboxylic acids is 6. The summed E-state index contributed by atoms with van der Waals surface area (Å²) in [6.45, 7) is 0.731. The van der Waals surface area contributed by atoms with Crippen molar-refractivity contribution in [2.75, 3.05) is 22.3 Å². The lowest BCUT2D eigenvalue weighted by atomic mass is 9.94. The van der Waals surface area contributed by atoms with Crippen molar-refractivity contribution in [3.63, 3.8) is 0 Å². The second-order valence-electron chi connectivity index (χ2n) is 16.4. The van der Waals surface area contributed by atoms with E-state index < -0.39 is 27.8 Å². The second-order valence-corrected chi connectivity index (χ2v) is 18.1. The molecule has 1 unspecified atom stereocenters. The summed E-state index contributed by atoms with van der Waals surface area (Å²) < 4.78 is 44.6. The number of hydrogen-bond acceptors (Lipinski definition) is 10. The molecule has 8 rings (SSSR count). The number of nitrogen functional groups attached to an aromatic ring is 1. The second kappa shape index (κ2) is 18.8. The van der Waals surface area contributed by atoms with Crippen LogP contribution in [0.2, 0.25) is 0 Å². The molecule has 3 aliphatic heterocycles. The summed E-state index contributed by atoms with van der Waals surface area (Å²) in [5.74, 6) is -2.02. The van der Waals surface area contributed by atoms with Gasteiger partial charge in [0.2, 0.25) is 17.7 Å². The molecule has 65 heavy (non-hydrogen) atoms. The summed E-state index contributed by atoms with van der Waals surface area (Å²) in [5.41, 5.74) is 12.1. The average Bonchev–Trinajstić information content (AvgIpc) is 3.61. The van der Waals surface area contributed by atoms with Crippen LogP contribution in [0.4, 0.5) is 21.6 Å². The third-order valence-electron chi connectivity index (χ3n) is 11.9. The Labute approximate surface area is 374 Å². The molecule has 15 nitrogen and oxygen atoms in total. The smallest absolute Gasteiger partial charge is 0.261 e. The van der Waals surface area contributed by atoms with E-state index in [2.05, 4.69) is 25.7 Å². The van der Waals surface area contributed by atoms with Gasteiger partial charge in [-0.1, -0.05) is 43.2 Å². The van der Waals surface area contributed by atoms with Gasteiger partial charge in [0.1, 0.15) is 23.5 Å². The number of hydrogen-bond donors (Lipinski definition) is 5. The van der Waals surface area contributed by atoms with E-state index in [0.29, 0.717) is 65.7 Å². The predicted molar refractivity (Wildman–Crippen MR) is 240 cm³/mol. The molecule has 5 aromatic rings. The van der Waals surface area contributed by atoms with Crippen LogP contribution in [0.25, 0.3) is 22.3 Å². The summed E-state index contributed by atoms with van der Waals surface area (Å²) in [6.07, 6.45) is 5.98. The molecule has 1 atom stereocenters. The number of sulfonamides is 1. The van der Waals surface area contributed by atoms with Gasteiger partial charge in [-0.15, -0.1) is 0 Å². The van der Waals surface area contributed by atoms with Crippen LogP contribution in [0, 0.1) is 5.82 Å². The molecule has 5 amide bonds.